The summed E-state index contributed by atoms with van der Waals surface area (Å²) < 4.78 is 2.04. The van der Waals surface area contributed by atoms with Gasteiger partial charge in [-0.1, -0.05) is 41.9 Å². The molecular formula is C18H16ClN3. The second-order valence-electron chi connectivity index (χ2n) is 5.71. The van der Waals surface area contributed by atoms with Crippen LogP contribution in [0.5, 0.6) is 0 Å². The highest BCUT2D eigenvalue weighted by atomic mass is 35.5. The average molecular weight is 310 g/mol. The molecule has 0 amide bonds. The van der Waals surface area contributed by atoms with Crippen molar-refractivity contribution in [2.24, 2.45) is 0 Å². The lowest BCUT2D eigenvalue weighted by Gasteiger charge is -2.30. The van der Waals surface area contributed by atoms with Gasteiger partial charge in [-0.3, -0.25) is 0 Å². The lowest BCUT2D eigenvalue weighted by molar-refractivity contribution is 0.570. The lowest BCUT2D eigenvalue weighted by Crippen LogP contribution is -2.26. The number of hydrogen-bond donors (Lipinski definition) is 1. The van der Waals surface area contributed by atoms with Gasteiger partial charge in [0.2, 0.25) is 0 Å². The highest BCUT2D eigenvalue weighted by Gasteiger charge is 2.27. The first-order valence-corrected chi connectivity index (χ1v) is 7.69. The molecule has 0 radical (unpaired) electrons. The Morgan fingerprint density at radius 3 is 2.73 bits per heavy atom. The third kappa shape index (κ3) is 2.01. The number of hydrogen-bond acceptors (Lipinski definition) is 2. The quantitative estimate of drug-likeness (QED) is 0.700. The molecule has 3 aromatic rings. The zero-order chi connectivity index (χ0) is 15.3. The van der Waals surface area contributed by atoms with Crippen LogP contribution in [-0.4, -0.2) is 9.78 Å². The molecule has 0 aliphatic carbocycles. The van der Waals surface area contributed by atoms with Crippen molar-refractivity contribution in [3.8, 4) is 11.3 Å². The van der Waals surface area contributed by atoms with E-state index in [0.717, 1.165) is 22.0 Å². The van der Waals surface area contributed by atoms with Gasteiger partial charge >= 0.3 is 0 Å². The fraction of sp³-hybridized carbons (Fsp3) is 0.167. The molecule has 1 aliphatic rings. The van der Waals surface area contributed by atoms with Gasteiger partial charge in [0.15, 0.2) is 0 Å². The molecule has 110 valence electrons. The standard InChI is InChI=1S/C18H16ClN3/c1-11-5-3-8-15-16-9-12(2)21-22(16)18(20-17(11)15)13-6-4-7-14(19)10-13/h3-10,18,20H,1-2H3. The Labute approximate surface area is 134 Å². The van der Waals surface area contributed by atoms with Gasteiger partial charge in [0, 0.05) is 16.3 Å². The second kappa shape index (κ2) is 4.89. The molecule has 4 rings (SSSR count). The third-order valence-electron chi connectivity index (χ3n) is 4.10. The fourth-order valence-corrected chi connectivity index (χ4v) is 3.29. The molecule has 1 unspecified atom stereocenters. The van der Waals surface area contributed by atoms with E-state index >= 15 is 0 Å². The summed E-state index contributed by atoms with van der Waals surface area (Å²) in [6, 6.07) is 16.4. The number of aromatic nitrogens is 2. The van der Waals surface area contributed by atoms with E-state index in [1.807, 2.05) is 29.8 Å². The summed E-state index contributed by atoms with van der Waals surface area (Å²) in [5.74, 6) is 0. The van der Waals surface area contributed by atoms with Gasteiger partial charge in [0.05, 0.1) is 11.4 Å². The van der Waals surface area contributed by atoms with Crippen molar-refractivity contribution in [1.82, 2.24) is 9.78 Å². The minimum atomic E-state index is -0.0454. The number of benzene rings is 2. The van der Waals surface area contributed by atoms with Crippen molar-refractivity contribution in [2.75, 3.05) is 5.32 Å². The molecule has 0 saturated heterocycles. The molecule has 0 fully saturated rings. The first-order chi connectivity index (χ1) is 10.6. The largest absolute Gasteiger partial charge is 0.359 e. The predicted octanol–water partition coefficient (Wildman–Crippen LogP) is 4.79. The number of nitrogens with one attached hydrogen (secondary N) is 1. The Balaban J connectivity index is 1.94. The van der Waals surface area contributed by atoms with Gasteiger partial charge in [-0.25, -0.2) is 4.68 Å². The summed E-state index contributed by atoms with van der Waals surface area (Å²) >= 11 is 6.17. The first-order valence-electron chi connectivity index (χ1n) is 7.31. The summed E-state index contributed by atoms with van der Waals surface area (Å²) in [5.41, 5.74) is 6.84. The zero-order valence-corrected chi connectivity index (χ0v) is 13.2. The normalized spacial score (nSPS) is 15.9. The van der Waals surface area contributed by atoms with Crippen LogP contribution in [0.15, 0.2) is 48.5 Å². The molecule has 22 heavy (non-hydrogen) atoms. The SMILES string of the molecule is Cc1cc2n(n1)C(c1cccc(Cl)c1)Nc1c(C)cccc1-2. The topological polar surface area (TPSA) is 29.9 Å². The molecule has 0 spiro atoms. The summed E-state index contributed by atoms with van der Waals surface area (Å²) in [5, 5.41) is 9.03. The minimum Gasteiger partial charge on any atom is -0.359 e. The van der Waals surface area contributed by atoms with Crippen molar-refractivity contribution < 1.29 is 0 Å². The number of halogens is 1. The maximum absolute atomic E-state index is 6.17. The summed E-state index contributed by atoms with van der Waals surface area (Å²) in [6.07, 6.45) is -0.0454. The van der Waals surface area contributed by atoms with Gasteiger partial charge in [-0.2, -0.15) is 5.10 Å². The Bertz CT molecular complexity index is 867. The van der Waals surface area contributed by atoms with E-state index < -0.39 is 0 Å². The predicted molar refractivity (Wildman–Crippen MR) is 90.4 cm³/mol. The lowest BCUT2D eigenvalue weighted by atomic mass is 10.0. The Morgan fingerprint density at radius 1 is 1.09 bits per heavy atom. The number of anilines is 1. The first kappa shape index (κ1) is 13.4. The van der Waals surface area contributed by atoms with Crippen LogP contribution >= 0.6 is 11.6 Å². The number of fused-ring (bicyclic) bond motifs is 3. The molecule has 1 atom stereocenters. The second-order valence-corrected chi connectivity index (χ2v) is 6.15. The van der Waals surface area contributed by atoms with E-state index in [1.165, 1.54) is 16.8 Å². The van der Waals surface area contributed by atoms with E-state index in [2.05, 4.69) is 47.7 Å². The smallest absolute Gasteiger partial charge is 0.147 e. The van der Waals surface area contributed by atoms with Crippen LogP contribution in [0.2, 0.25) is 5.02 Å². The number of rotatable bonds is 1. The van der Waals surface area contributed by atoms with Crippen LogP contribution < -0.4 is 5.32 Å². The summed E-state index contributed by atoms with van der Waals surface area (Å²) in [7, 11) is 0. The molecule has 1 aliphatic heterocycles. The molecule has 4 heteroatoms. The van der Waals surface area contributed by atoms with E-state index in [4.69, 9.17) is 11.6 Å². The van der Waals surface area contributed by atoms with Crippen molar-refractivity contribution >= 4 is 17.3 Å². The molecule has 1 aromatic heterocycles. The molecular weight excluding hydrogens is 294 g/mol. The number of nitrogens with zero attached hydrogens (tertiary/aromatic N) is 2. The van der Waals surface area contributed by atoms with Crippen LogP contribution in [0.1, 0.15) is 23.0 Å². The van der Waals surface area contributed by atoms with Gasteiger partial charge < -0.3 is 5.32 Å². The van der Waals surface area contributed by atoms with E-state index in [0.29, 0.717) is 0 Å². The van der Waals surface area contributed by atoms with E-state index in [9.17, 15) is 0 Å². The number of aryl methyl sites for hydroxylation is 2. The van der Waals surface area contributed by atoms with Crippen molar-refractivity contribution in [1.29, 1.82) is 0 Å². The number of para-hydroxylation sites is 1. The fourth-order valence-electron chi connectivity index (χ4n) is 3.09. The third-order valence-corrected chi connectivity index (χ3v) is 4.33. The Morgan fingerprint density at radius 2 is 1.91 bits per heavy atom. The zero-order valence-electron chi connectivity index (χ0n) is 12.5. The minimum absolute atomic E-state index is 0.0454. The van der Waals surface area contributed by atoms with Crippen molar-refractivity contribution in [3.63, 3.8) is 0 Å². The van der Waals surface area contributed by atoms with Gasteiger partial charge in [-0.05, 0) is 43.2 Å². The monoisotopic (exact) mass is 309 g/mol. The molecule has 1 N–H and O–H groups in total. The maximum atomic E-state index is 6.17. The summed E-state index contributed by atoms with van der Waals surface area (Å²) in [4.78, 5) is 0. The molecule has 0 bridgehead atoms. The van der Waals surface area contributed by atoms with Crippen LogP contribution in [0.3, 0.4) is 0 Å². The van der Waals surface area contributed by atoms with Crippen LogP contribution in [0.25, 0.3) is 11.3 Å². The molecule has 0 saturated carbocycles. The van der Waals surface area contributed by atoms with Gasteiger partial charge in [0.1, 0.15) is 6.17 Å². The van der Waals surface area contributed by atoms with E-state index in [-0.39, 0.29) is 6.17 Å². The van der Waals surface area contributed by atoms with E-state index in [1.54, 1.807) is 0 Å². The maximum Gasteiger partial charge on any atom is 0.147 e. The Kier molecular flexibility index (Phi) is 2.98. The average Bonchev–Trinajstić information content (AvgIpc) is 2.88. The highest BCUT2D eigenvalue weighted by molar-refractivity contribution is 6.30. The highest BCUT2D eigenvalue weighted by Crippen LogP contribution is 2.40. The van der Waals surface area contributed by atoms with Crippen LogP contribution in [0, 0.1) is 13.8 Å². The van der Waals surface area contributed by atoms with Gasteiger partial charge in [0.25, 0.3) is 0 Å². The molecule has 2 aromatic carbocycles. The molecule has 3 nitrogen and oxygen atoms in total. The van der Waals surface area contributed by atoms with Crippen LogP contribution in [0.4, 0.5) is 5.69 Å². The van der Waals surface area contributed by atoms with Crippen molar-refractivity contribution in [3.05, 3.63) is 70.4 Å². The molecule has 2 heterocycles. The van der Waals surface area contributed by atoms with Gasteiger partial charge in [-0.15, -0.1) is 0 Å². The Hall–Kier alpha value is -2.26. The summed E-state index contributed by atoms with van der Waals surface area (Å²) in [6.45, 7) is 4.15. The van der Waals surface area contributed by atoms with Crippen molar-refractivity contribution in [2.45, 2.75) is 20.0 Å². The van der Waals surface area contributed by atoms with Crippen LogP contribution in [-0.2, 0) is 0 Å².